The molecular formula is C21H24N6O3. The zero-order chi connectivity index (χ0) is 21.4. The first kappa shape index (κ1) is 19.7. The maximum Gasteiger partial charge on any atom is 0.254 e. The molecule has 2 aromatic heterocycles. The number of primary amides is 1. The number of carbonyl (C=O) groups is 2. The van der Waals surface area contributed by atoms with Crippen LogP contribution in [0.5, 0.6) is 0 Å². The Bertz CT molecular complexity index is 1090. The molecule has 0 bridgehead atoms. The van der Waals surface area contributed by atoms with Crippen LogP contribution in [-0.2, 0) is 11.2 Å². The van der Waals surface area contributed by atoms with Gasteiger partial charge in [-0.05, 0) is 32.3 Å². The van der Waals surface area contributed by atoms with Gasteiger partial charge in [0, 0.05) is 23.6 Å². The number of hydrogen-bond acceptors (Lipinski definition) is 6. The summed E-state index contributed by atoms with van der Waals surface area (Å²) >= 11 is 0. The standard InChI is InChI=1S/C21H24N6O3/c1-11(2)27-20(22)18(21(23)29)19(25-27)14-5-3-12(4-6-14)9-17(28)24-16-10-15(30-26-16)13-7-8-13/h3-6,10-11,13H,7-9,22H2,1-2H3,(H2,23,29)(H,24,26,28). The molecule has 4 rings (SSSR count). The number of benzene rings is 1. The normalized spacial score (nSPS) is 13.6. The minimum atomic E-state index is -0.629. The van der Waals surface area contributed by atoms with Gasteiger partial charge in [0.25, 0.3) is 5.91 Å². The number of amides is 2. The molecule has 2 amide bonds. The van der Waals surface area contributed by atoms with Crippen LogP contribution in [-0.4, -0.2) is 26.8 Å². The summed E-state index contributed by atoms with van der Waals surface area (Å²) in [5.41, 5.74) is 13.7. The van der Waals surface area contributed by atoms with Gasteiger partial charge in [0.2, 0.25) is 5.91 Å². The molecule has 1 saturated carbocycles. The lowest BCUT2D eigenvalue weighted by Crippen LogP contribution is -2.15. The molecule has 1 aromatic carbocycles. The Morgan fingerprint density at radius 3 is 2.57 bits per heavy atom. The fraction of sp³-hybridized carbons (Fsp3) is 0.333. The van der Waals surface area contributed by atoms with Crippen molar-refractivity contribution in [3.05, 3.63) is 47.2 Å². The predicted molar refractivity (Wildman–Crippen MR) is 112 cm³/mol. The number of nitrogens with one attached hydrogen (secondary N) is 1. The van der Waals surface area contributed by atoms with Gasteiger partial charge in [-0.1, -0.05) is 29.4 Å². The molecule has 9 heteroatoms. The molecule has 1 aliphatic rings. The molecule has 0 spiro atoms. The third-order valence-corrected chi connectivity index (χ3v) is 5.05. The molecular weight excluding hydrogens is 384 g/mol. The largest absolute Gasteiger partial charge is 0.383 e. The van der Waals surface area contributed by atoms with Crippen LogP contribution < -0.4 is 16.8 Å². The van der Waals surface area contributed by atoms with E-state index in [1.165, 1.54) is 0 Å². The van der Waals surface area contributed by atoms with E-state index in [0.717, 1.165) is 24.2 Å². The molecule has 5 N–H and O–H groups in total. The zero-order valence-corrected chi connectivity index (χ0v) is 16.9. The Labute approximate surface area is 173 Å². The van der Waals surface area contributed by atoms with Gasteiger partial charge in [-0.25, -0.2) is 4.68 Å². The maximum atomic E-state index is 12.3. The zero-order valence-electron chi connectivity index (χ0n) is 16.9. The highest BCUT2D eigenvalue weighted by atomic mass is 16.5. The third-order valence-electron chi connectivity index (χ3n) is 5.05. The fourth-order valence-corrected chi connectivity index (χ4v) is 3.35. The number of carbonyl (C=O) groups excluding carboxylic acids is 2. The third kappa shape index (κ3) is 3.91. The summed E-state index contributed by atoms with van der Waals surface area (Å²) in [7, 11) is 0. The molecule has 0 radical (unpaired) electrons. The first-order chi connectivity index (χ1) is 14.3. The van der Waals surface area contributed by atoms with Crippen LogP contribution in [0.15, 0.2) is 34.9 Å². The van der Waals surface area contributed by atoms with Crippen molar-refractivity contribution in [3.63, 3.8) is 0 Å². The van der Waals surface area contributed by atoms with Crippen LogP contribution in [0.4, 0.5) is 11.6 Å². The van der Waals surface area contributed by atoms with E-state index in [2.05, 4.69) is 15.6 Å². The predicted octanol–water partition coefficient (Wildman–Crippen LogP) is 2.86. The van der Waals surface area contributed by atoms with Crippen molar-refractivity contribution >= 4 is 23.5 Å². The number of nitrogens with zero attached hydrogens (tertiary/aromatic N) is 3. The van der Waals surface area contributed by atoms with E-state index in [1.807, 2.05) is 26.0 Å². The molecule has 1 fully saturated rings. The monoisotopic (exact) mass is 408 g/mol. The number of nitrogens with two attached hydrogens (primary N) is 2. The second kappa shape index (κ2) is 7.66. The minimum absolute atomic E-state index is 0.0169. The van der Waals surface area contributed by atoms with Crippen molar-refractivity contribution in [3.8, 4) is 11.3 Å². The van der Waals surface area contributed by atoms with E-state index in [-0.39, 0.29) is 29.8 Å². The van der Waals surface area contributed by atoms with Crippen LogP contribution in [0.2, 0.25) is 0 Å². The highest BCUT2D eigenvalue weighted by Gasteiger charge is 2.28. The lowest BCUT2D eigenvalue weighted by atomic mass is 10.0. The summed E-state index contributed by atoms with van der Waals surface area (Å²) in [5.74, 6) is 1.11. The van der Waals surface area contributed by atoms with Crippen LogP contribution in [0, 0.1) is 0 Å². The number of hydrogen-bond donors (Lipinski definition) is 3. The van der Waals surface area contributed by atoms with Gasteiger partial charge in [-0.2, -0.15) is 5.10 Å². The van der Waals surface area contributed by atoms with E-state index in [0.29, 0.717) is 23.0 Å². The van der Waals surface area contributed by atoms with Gasteiger partial charge in [0.05, 0.1) is 6.42 Å². The molecule has 1 aliphatic carbocycles. The molecule has 30 heavy (non-hydrogen) atoms. The lowest BCUT2D eigenvalue weighted by molar-refractivity contribution is -0.115. The summed E-state index contributed by atoms with van der Waals surface area (Å²) in [6.07, 6.45) is 2.39. The van der Waals surface area contributed by atoms with E-state index in [1.54, 1.807) is 22.9 Å². The van der Waals surface area contributed by atoms with Crippen molar-refractivity contribution in [2.45, 2.75) is 45.1 Å². The van der Waals surface area contributed by atoms with E-state index in [9.17, 15) is 9.59 Å². The minimum Gasteiger partial charge on any atom is -0.383 e. The topological polar surface area (TPSA) is 142 Å². The summed E-state index contributed by atoms with van der Waals surface area (Å²) in [6, 6.07) is 8.97. The molecule has 9 nitrogen and oxygen atoms in total. The quantitative estimate of drug-likeness (QED) is 0.549. The molecule has 156 valence electrons. The van der Waals surface area contributed by atoms with Crippen molar-refractivity contribution in [1.29, 1.82) is 0 Å². The highest BCUT2D eigenvalue weighted by Crippen LogP contribution is 2.40. The van der Waals surface area contributed by atoms with Crippen molar-refractivity contribution in [1.82, 2.24) is 14.9 Å². The van der Waals surface area contributed by atoms with Crippen molar-refractivity contribution in [2.75, 3.05) is 11.1 Å². The van der Waals surface area contributed by atoms with Crippen LogP contribution in [0.3, 0.4) is 0 Å². The van der Waals surface area contributed by atoms with Crippen molar-refractivity contribution < 1.29 is 14.1 Å². The van der Waals surface area contributed by atoms with Gasteiger partial charge in [0.1, 0.15) is 22.8 Å². The van der Waals surface area contributed by atoms with E-state index in [4.69, 9.17) is 16.0 Å². The van der Waals surface area contributed by atoms with Crippen LogP contribution >= 0.6 is 0 Å². The average Bonchev–Trinajstić information content (AvgIpc) is 3.33. The first-order valence-electron chi connectivity index (χ1n) is 9.87. The van der Waals surface area contributed by atoms with Gasteiger partial charge in [-0.3, -0.25) is 9.59 Å². The Hall–Kier alpha value is -3.62. The second-order valence-corrected chi connectivity index (χ2v) is 7.82. The number of anilines is 2. The summed E-state index contributed by atoms with van der Waals surface area (Å²) in [5, 5.41) is 11.1. The van der Waals surface area contributed by atoms with Gasteiger partial charge < -0.3 is 21.3 Å². The Morgan fingerprint density at radius 2 is 1.97 bits per heavy atom. The molecule has 3 aromatic rings. The number of aromatic nitrogens is 3. The molecule has 0 saturated heterocycles. The average molecular weight is 408 g/mol. The molecule has 2 heterocycles. The molecule has 0 atom stereocenters. The number of rotatable bonds is 7. The Morgan fingerprint density at radius 1 is 1.27 bits per heavy atom. The van der Waals surface area contributed by atoms with Gasteiger partial charge >= 0.3 is 0 Å². The van der Waals surface area contributed by atoms with E-state index >= 15 is 0 Å². The first-order valence-corrected chi connectivity index (χ1v) is 9.87. The Kier molecular flexibility index (Phi) is 5.03. The summed E-state index contributed by atoms with van der Waals surface area (Å²) in [4.78, 5) is 24.2. The van der Waals surface area contributed by atoms with Crippen LogP contribution in [0.25, 0.3) is 11.3 Å². The molecule has 0 unspecified atom stereocenters. The summed E-state index contributed by atoms with van der Waals surface area (Å²) < 4.78 is 6.82. The van der Waals surface area contributed by atoms with Gasteiger partial charge in [-0.15, -0.1) is 0 Å². The van der Waals surface area contributed by atoms with Gasteiger partial charge in [0.15, 0.2) is 5.82 Å². The van der Waals surface area contributed by atoms with E-state index < -0.39 is 5.91 Å². The summed E-state index contributed by atoms with van der Waals surface area (Å²) in [6.45, 7) is 3.84. The fourth-order valence-electron chi connectivity index (χ4n) is 3.35. The Balaban J connectivity index is 1.48. The highest BCUT2D eigenvalue weighted by molar-refractivity contribution is 6.03. The number of nitrogen functional groups attached to an aromatic ring is 1. The van der Waals surface area contributed by atoms with Crippen LogP contribution in [0.1, 0.15) is 60.3 Å². The SMILES string of the molecule is CC(C)n1nc(-c2ccc(CC(=O)Nc3cc(C4CC4)on3)cc2)c(C(N)=O)c1N. The van der Waals surface area contributed by atoms with Crippen molar-refractivity contribution in [2.24, 2.45) is 5.73 Å². The molecule has 0 aliphatic heterocycles. The smallest absolute Gasteiger partial charge is 0.254 e. The maximum absolute atomic E-state index is 12.3. The second-order valence-electron chi connectivity index (χ2n) is 7.82. The lowest BCUT2D eigenvalue weighted by Gasteiger charge is -2.07.